The molecule has 1 aliphatic heterocycles. The van der Waals surface area contributed by atoms with E-state index < -0.39 is 0 Å². The topological polar surface area (TPSA) is 70.4 Å². The Labute approximate surface area is 142 Å². The van der Waals surface area contributed by atoms with E-state index in [1.807, 2.05) is 35.8 Å². The molecule has 1 aliphatic rings. The van der Waals surface area contributed by atoms with Crippen LogP contribution in [0.1, 0.15) is 25.1 Å². The Morgan fingerprint density at radius 2 is 2.08 bits per heavy atom. The molecule has 24 heavy (non-hydrogen) atoms. The molecule has 0 spiro atoms. The zero-order valence-corrected chi connectivity index (χ0v) is 14.2. The number of fused-ring (bicyclic) bond motifs is 1. The first-order chi connectivity index (χ1) is 11.6. The Balaban J connectivity index is 1.43. The Morgan fingerprint density at radius 3 is 2.88 bits per heavy atom. The van der Waals surface area contributed by atoms with E-state index in [0.717, 1.165) is 55.8 Å². The third-order valence-corrected chi connectivity index (χ3v) is 4.68. The molecule has 2 aromatic rings. The average molecular weight is 330 g/mol. The number of nitrogens with zero attached hydrogens (tertiary/aromatic N) is 3. The lowest BCUT2D eigenvalue weighted by molar-refractivity contribution is -0.121. The molecule has 0 bridgehead atoms. The van der Waals surface area contributed by atoms with Crippen LogP contribution in [-0.4, -0.2) is 57.7 Å². The summed E-state index contributed by atoms with van der Waals surface area (Å²) < 4.78 is 1.96. The summed E-state index contributed by atoms with van der Waals surface area (Å²) in [4.78, 5) is 19.0. The average Bonchev–Trinajstić information content (AvgIpc) is 2.89. The molecule has 6 heteroatoms. The molecule has 0 saturated carbocycles. The van der Waals surface area contributed by atoms with Gasteiger partial charge in [-0.1, -0.05) is 12.1 Å². The fourth-order valence-electron chi connectivity index (χ4n) is 3.27. The molecule has 0 atom stereocenters. The third kappa shape index (κ3) is 4.13. The van der Waals surface area contributed by atoms with Crippen molar-refractivity contribution in [2.45, 2.75) is 38.8 Å². The van der Waals surface area contributed by atoms with Gasteiger partial charge in [0.05, 0.1) is 17.1 Å². The highest BCUT2D eigenvalue weighted by Gasteiger charge is 2.16. The Bertz CT molecular complexity index is 689. The fourth-order valence-corrected chi connectivity index (χ4v) is 3.27. The number of rotatable bonds is 6. The predicted molar refractivity (Wildman–Crippen MR) is 93.8 cm³/mol. The zero-order chi connectivity index (χ0) is 16.9. The first-order valence-electron chi connectivity index (χ1n) is 8.72. The third-order valence-electron chi connectivity index (χ3n) is 4.68. The minimum Gasteiger partial charge on any atom is -0.393 e. The van der Waals surface area contributed by atoms with Gasteiger partial charge in [-0.15, -0.1) is 0 Å². The van der Waals surface area contributed by atoms with E-state index in [-0.39, 0.29) is 12.0 Å². The van der Waals surface area contributed by atoms with Crippen molar-refractivity contribution in [1.82, 2.24) is 19.8 Å². The summed E-state index contributed by atoms with van der Waals surface area (Å²) in [6.07, 6.45) is 2.53. The van der Waals surface area contributed by atoms with Crippen molar-refractivity contribution in [2.75, 3.05) is 26.2 Å². The molecule has 3 rings (SSSR count). The van der Waals surface area contributed by atoms with Crippen LogP contribution in [0, 0.1) is 6.92 Å². The van der Waals surface area contributed by atoms with E-state index in [1.165, 1.54) is 0 Å². The van der Waals surface area contributed by atoms with Gasteiger partial charge in [-0.3, -0.25) is 4.79 Å². The summed E-state index contributed by atoms with van der Waals surface area (Å²) >= 11 is 0. The molecule has 1 aromatic heterocycles. The Hall–Kier alpha value is -1.92. The van der Waals surface area contributed by atoms with Crippen LogP contribution in [-0.2, 0) is 11.3 Å². The Morgan fingerprint density at radius 1 is 1.33 bits per heavy atom. The maximum absolute atomic E-state index is 12.2. The molecule has 1 amide bonds. The number of aliphatic hydroxyl groups excluding tert-OH is 1. The number of aromatic nitrogens is 2. The van der Waals surface area contributed by atoms with Crippen LogP contribution in [0.2, 0.25) is 0 Å². The van der Waals surface area contributed by atoms with Gasteiger partial charge in [-0.05, 0) is 44.9 Å². The first kappa shape index (κ1) is 16.9. The van der Waals surface area contributed by atoms with Crippen LogP contribution >= 0.6 is 0 Å². The lowest BCUT2D eigenvalue weighted by Crippen LogP contribution is -2.38. The van der Waals surface area contributed by atoms with Gasteiger partial charge in [0.15, 0.2) is 0 Å². The van der Waals surface area contributed by atoms with E-state index in [2.05, 4.69) is 15.2 Å². The number of aryl methyl sites for hydroxylation is 1. The molecule has 1 saturated heterocycles. The largest absolute Gasteiger partial charge is 0.393 e. The van der Waals surface area contributed by atoms with Crippen LogP contribution in [0.4, 0.5) is 0 Å². The summed E-state index contributed by atoms with van der Waals surface area (Å²) in [6.45, 7) is 5.80. The summed E-state index contributed by atoms with van der Waals surface area (Å²) in [7, 11) is 0. The standard InChI is InChI=1S/C18H26N4O2/c1-14-20-16-5-2-3-6-17(16)22(14)13-18(24)19-9-4-10-21-11-7-15(23)8-12-21/h2-3,5-6,15,23H,4,7-13H2,1H3,(H,19,24). The molecular weight excluding hydrogens is 304 g/mol. The highest BCUT2D eigenvalue weighted by molar-refractivity contribution is 5.81. The molecule has 2 N–H and O–H groups in total. The lowest BCUT2D eigenvalue weighted by atomic mass is 10.1. The number of carbonyl (C=O) groups is 1. The summed E-state index contributed by atoms with van der Waals surface area (Å²) in [5.74, 6) is 0.883. The van der Waals surface area contributed by atoms with Crippen LogP contribution in [0.3, 0.4) is 0 Å². The minimum atomic E-state index is -0.130. The highest BCUT2D eigenvalue weighted by Crippen LogP contribution is 2.15. The van der Waals surface area contributed by atoms with E-state index in [9.17, 15) is 9.90 Å². The number of hydrogen-bond acceptors (Lipinski definition) is 4. The van der Waals surface area contributed by atoms with Gasteiger partial charge in [0.1, 0.15) is 12.4 Å². The van der Waals surface area contributed by atoms with Crippen molar-refractivity contribution >= 4 is 16.9 Å². The van der Waals surface area contributed by atoms with Gasteiger partial charge in [0.25, 0.3) is 0 Å². The van der Waals surface area contributed by atoms with Gasteiger partial charge >= 0.3 is 0 Å². The van der Waals surface area contributed by atoms with E-state index in [1.54, 1.807) is 0 Å². The molecule has 1 aromatic carbocycles. The van der Waals surface area contributed by atoms with Crippen molar-refractivity contribution < 1.29 is 9.90 Å². The van der Waals surface area contributed by atoms with Gasteiger partial charge in [0, 0.05) is 19.6 Å². The molecular formula is C18H26N4O2. The maximum Gasteiger partial charge on any atom is 0.240 e. The van der Waals surface area contributed by atoms with Crippen molar-refractivity contribution in [1.29, 1.82) is 0 Å². The molecule has 2 heterocycles. The van der Waals surface area contributed by atoms with Crippen molar-refractivity contribution in [3.05, 3.63) is 30.1 Å². The van der Waals surface area contributed by atoms with Crippen molar-refractivity contribution in [3.63, 3.8) is 0 Å². The number of imidazole rings is 1. The van der Waals surface area contributed by atoms with Crippen LogP contribution in [0.25, 0.3) is 11.0 Å². The summed E-state index contributed by atoms with van der Waals surface area (Å²) in [5.41, 5.74) is 1.92. The Kier molecular flexibility index (Phi) is 5.48. The number of nitrogens with one attached hydrogen (secondary N) is 1. The summed E-state index contributed by atoms with van der Waals surface area (Å²) in [5, 5.41) is 12.5. The van der Waals surface area contributed by atoms with Gasteiger partial charge in [-0.2, -0.15) is 0 Å². The molecule has 0 aliphatic carbocycles. The van der Waals surface area contributed by atoms with Crippen LogP contribution < -0.4 is 5.32 Å². The van der Waals surface area contributed by atoms with Gasteiger partial charge in [-0.25, -0.2) is 4.98 Å². The first-order valence-corrected chi connectivity index (χ1v) is 8.72. The van der Waals surface area contributed by atoms with Crippen molar-refractivity contribution in [3.8, 4) is 0 Å². The number of piperidine rings is 1. The number of benzene rings is 1. The smallest absolute Gasteiger partial charge is 0.240 e. The van der Waals surface area contributed by atoms with Crippen LogP contribution in [0.15, 0.2) is 24.3 Å². The monoisotopic (exact) mass is 330 g/mol. The van der Waals surface area contributed by atoms with E-state index >= 15 is 0 Å². The molecule has 6 nitrogen and oxygen atoms in total. The van der Waals surface area contributed by atoms with Gasteiger partial charge in [0.2, 0.25) is 5.91 Å². The minimum absolute atomic E-state index is 0.0234. The number of hydrogen-bond donors (Lipinski definition) is 2. The number of amides is 1. The maximum atomic E-state index is 12.2. The van der Waals surface area contributed by atoms with Crippen LogP contribution in [0.5, 0.6) is 0 Å². The SMILES string of the molecule is Cc1nc2ccccc2n1CC(=O)NCCCN1CCC(O)CC1. The van der Waals surface area contributed by atoms with E-state index in [4.69, 9.17) is 0 Å². The fraction of sp³-hybridized carbons (Fsp3) is 0.556. The molecule has 1 fully saturated rings. The van der Waals surface area contributed by atoms with Crippen molar-refractivity contribution in [2.24, 2.45) is 0 Å². The lowest BCUT2D eigenvalue weighted by Gasteiger charge is -2.29. The zero-order valence-electron chi connectivity index (χ0n) is 14.2. The predicted octanol–water partition coefficient (Wildman–Crippen LogP) is 1.31. The number of carbonyl (C=O) groups excluding carboxylic acids is 1. The second-order valence-corrected chi connectivity index (χ2v) is 6.51. The molecule has 0 radical (unpaired) electrons. The quantitative estimate of drug-likeness (QED) is 0.784. The number of likely N-dealkylation sites (tertiary alicyclic amines) is 1. The van der Waals surface area contributed by atoms with E-state index in [0.29, 0.717) is 13.1 Å². The second-order valence-electron chi connectivity index (χ2n) is 6.51. The number of para-hydroxylation sites is 2. The molecule has 0 unspecified atom stereocenters. The normalized spacial score (nSPS) is 16.6. The second kappa shape index (κ2) is 7.77. The summed E-state index contributed by atoms with van der Waals surface area (Å²) in [6, 6.07) is 7.88. The van der Waals surface area contributed by atoms with Gasteiger partial charge < -0.3 is 19.9 Å². The number of aliphatic hydroxyl groups is 1. The molecule has 130 valence electrons. The highest BCUT2D eigenvalue weighted by atomic mass is 16.3.